The van der Waals surface area contributed by atoms with E-state index in [0.29, 0.717) is 24.7 Å². The Hall–Kier alpha value is -3.23. The molecule has 9 heteroatoms. The molecule has 3 aromatic rings. The summed E-state index contributed by atoms with van der Waals surface area (Å²) in [6.45, 7) is 1.29. The summed E-state index contributed by atoms with van der Waals surface area (Å²) in [6, 6.07) is 0.361. The molecule has 1 saturated heterocycles. The zero-order valence-electron chi connectivity index (χ0n) is 15.3. The van der Waals surface area contributed by atoms with Gasteiger partial charge in [0.2, 0.25) is 0 Å². The lowest BCUT2D eigenvalue weighted by molar-refractivity contribution is 0.0578. The molecule has 1 aliphatic heterocycles. The first-order valence-electron chi connectivity index (χ1n) is 8.84. The number of aromatic nitrogens is 6. The number of nitrogens with zero attached hydrogens (tertiary/aromatic N) is 7. The second-order valence-electron chi connectivity index (χ2n) is 6.67. The Morgan fingerprint density at radius 1 is 0.963 bits per heavy atom. The highest BCUT2D eigenvalue weighted by Crippen LogP contribution is 2.20. The van der Waals surface area contributed by atoms with Gasteiger partial charge < -0.3 is 9.64 Å². The van der Waals surface area contributed by atoms with E-state index in [9.17, 15) is 4.79 Å². The third-order valence-corrected chi connectivity index (χ3v) is 4.62. The fraction of sp³-hybridized carbons (Fsp3) is 0.389. The predicted octanol–water partition coefficient (Wildman–Crippen LogP) is 1.29. The first kappa shape index (κ1) is 17.2. The van der Waals surface area contributed by atoms with Crippen LogP contribution in [0.3, 0.4) is 0 Å². The van der Waals surface area contributed by atoms with Crippen LogP contribution >= 0.6 is 0 Å². The van der Waals surface area contributed by atoms with Crippen LogP contribution in [-0.2, 0) is 14.1 Å². The number of hydrogen-bond donors (Lipinski definition) is 0. The largest absolute Gasteiger partial charge is 0.460 e. The number of aryl methyl sites for hydroxylation is 2. The fourth-order valence-corrected chi connectivity index (χ4v) is 3.14. The molecule has 0 aromatic carbocycles. The lowest BCUT2D eigenvalue weighted by Gasteiger charge is -2.31. The molecule has 0 bridgehead atoms. The third-order valence-electron chi connectivity index (χ3n) is 4.62. The lowest BCUT2D eigenvalue weighted by atomic mass is 10.1. The van der Waals surface area contributed by atoms with Gasteiger partial charge in [0.05, 0.1) is 18.0 Å². The van der Waals surface area contributed by atoms with E-state index in [-0.39, 0.29) is 12.0 Å². The zero-order valence-corrected chi connectivity index (χ0v) is 15.3. The van der Waals surface area contributed by atoms with Gasteiger partial charge in [0.1, 0.15) is 6.10 Å². The van der Waals surface area contributed by atoms with Crippen LogP contribution in [0.4, 0.5) is 0 Å². The Bertz CT molecular complexity index is 923. The van der Waals surface area contributed by atoms with Crippen molar-refractivity contribution in [3.05, 3.63) is 42.7 Å². The van der Waals surface area contributed by atoms with Crippen LogP contribution in [-0.4, -0.2) is 59.5 Å². The molecular formula is C18H21N7O2. The Balaban J connectivity index is 1.32. The maximum Gasteiger partial charge on any atom is 0.316 e. The van der Waals surface area contributed by atoms with Crippen molar-refractivity contribution < 1.29 is 9.53 Å². The minimum Gasteiger partial charge on any atom is -0.460 e. The quantitative estimate of drug-likeness (QED) is 0.690. The van der Waals surface area contributed by atoms with E-state index < -0.39 is 0 Å². The molecule has 0 spiro atoms. The van der Waals surface area contributed by atoms with Crippen molar-refractivity contribution in [2.75, 3.05) is 13.1 Å². The average Bonchev–Trinajstić information content (AvgIpc) is 3.31. The van der Waals surface area contributed by atoms with Crippen molar-refractivity contribution in [2.45, 2.75) is 18.9 Å². The number of rotatable bonds is 4. The van der Waals surface area contributed by atoms with Gasteiger partial charge in [0.15, 0.2) is 0 Å². The van der Waals surface area contributed by atoms with Crippen molar-refractivity contribution in [3.63, 3.8) is 0 Å². The van der Waals surface area contributed by atoms with E-state index in [1.54, 1.807) is 47.4 Å². The normalized spacial score (nSPS) is 15.1. The molecule has 0 aliphatic carbocycles. The van der Waals surface area contributed by atoms with Gasteiger partial charge >= 0.3 is 6.01 Å². The van der Waals surface area contributed by atoms with Crippen LogP contribution in [0.2, 0.25) is 0 Å². The van der Waals surface area contributed by atoms with Gasteiger partial charge in [-0.2, -0.15) is 10.2 Å². The summed E-state index contributed by atoms with van der Waals surface area (Å²) in [6.07, 6.45) is 12.0. The van der Waals surface area contributed by atoms with E-state index in [0.717, 1.165) is 24.0 Å². The van der Waals surface area contributed by atoms with Crippen LogP contribution in [0.1, 0.15) is 23.2 Å². The van der Waals surface area contributed by atoms with Crippen molar-refractivity contribution in [1.82, 2.24) is 34.4 Å². The monoisotopic (exact) mass is 367 g/mol. The van der Waals surface area contributed by atoms with Crippen molar-refractivity contribution in [2.24, 2.45) is 14.1 Å². The predicted molar refractivity (Wildman–Crippen MR) is 97.0 cm³/mol. The van der Waals surface area contributed by atoms with E-state index in [1.807, 2.05) is 18.1 Å². The standard InChI is InChI=1S/C18H21N7O2/c1-23-11-14(9-21-23)13-7-19-18(20-8-13)27-16-3-5-25(6-4-16)17(26)15-10-22-24(2)12-15/h7-12,16H,3-6H2,1-2H3. The molecule has 0 unspecified atom stereocenters. The number of hydrogen-bond acceptors (Lipinski definition) is 6. The van der Waals surface area contributed by atoms with Gasteiger partial charge in [-0.3, -0.25) is 14.2 Å². The van der Waals surface area contributed by atoms with Crippen LogP contribution in [0.25, 0.3) is 11.1 Å². The van der Waals surface area contributed by atoms with E-state index in [4.69, 9.17) is 4.74 Å². The molecule has 3 aromatic heterocycles. The van der Waals surface area contributed by atoms with Gasteiger partial charge in [-0.15, -0.1) is 0 Å². The molecule has 9 nitrogen and oxygen atoms in total. The van der Waals surface area contributed by atoms with Crippen LogP contribution in [0.15, 0.2) is 37.2 Å². The second-order valence-corrected chi connectivity index (χ2v) is 6.67. The molecule has 27 heavy (non-hydrogen) atoms. The van der Waals surface area contributed by atoms with E-state index in [1.165, 1.54) is 0 Å². The molecule has 0 saturated carbocycles. The van der Waals surface area contributed by atoms with Crippen LogP contribution in [0, 0.1) is 0 Å². The number of piperidine rings is 1. The molecule has 1 fully saturated rings. The van der Waals surface area contributed by atoms with Crippen molar-refractivity contribution in [3.8, 4) is 17.1 Å². The Kier molecular flexibility index (Phi) is 4.57. The number of carbonyl (C=O) groups is 1. The molecule has 0 radical (unpaired) electrons. The molecule has 4 heterocycles. The maximum atomic E-state index is 12.5. The number of likely N-dealkylation sites (tertiary alicyclic amines) is 1. The minimum absolute atomic E-state index is 0.00666. The van der Waals surface area contributed by atoms with Gasteiger partial charge in [-0.1, -0.05) is 0 Å². The van der Waals surface area contributed by atoms with E-state index >= 15 is 0 Å². The molecule has 0 atom stereocenters. The molecule has 0 N–H and O–H groups in total. The second kappa shape index (κ2) is 7.18. The summed E-state index contributed by atoms with van der Waals surface area (Å²) >= 11 is 0. The smallest absolute Gasteiger partial charge is 0.316 e. The van der Waals surface area contributed by atoms with Gasteiger partial charge in [-0.05, 0) is 0 Å². The molecule has 4 rings (SSSR count). The lowest BCUT2D eigenvalue weighted by Crippen LogP contribution is -2.41. The summed E-state index contributed by atoms with van der Waals surface area (Å²) < 4.78 is 9.26. The maximum absolute atomic E-state index is 12.5. The average molecular weight is 367 g/mol. The van der Waals surface area contributed by atoms with Crippen LogP contribution in [0.5, 0.6) is 6.01 Å². The van der Waals surface area contributed by atoms with Crippen molar-refractivity contribution in [1.29, 1.82) is 0 Å². The summed E-state index contributed by atoms with van der Waals surface area (Å²) in [5.74, 6) is 0.0126. The molecule has 1 aliphatic rings. The SMILES string of the molecule is Cn1cc(C(=O)N2CCC(Oc3ncc(-c4cnn(C)c4)cn3)CC2)cn1. The summed E-state index contributed by atoms with van der Waals surface area (Å²) in [5.41, 5.74) is 2.48. The Morgan fingerprint density at radius 2 is 1.63 bits per heavy atom. The highest BCUT2D eigenvalue weighted by Gasteiger charge is 2.25. The molecular weight excluding hydrogens is 346 g/mol. The number of ether oxygens (including phenoxy) is 1. The van der Waals surface area contributed by atoms with Gasteiger partial charge in [0, 0.05) is 75.9 Å². The van der Waals surface area contributed by atoms with Crippen LogP contribution < -0.4 is 4.74 Å². The number of amides is 1. The molecule has 140 valence electrons. The van der Waals surface area contributed by atoms with Gasteiger partial charge in [-0.25, -0.2) is 9.97 Å². The third kappa shape index (κ3) is 3.81. The zero-order chi connectivity index (χ0) is 18.8. The Labute approximate surface area is 156 Å². The minimum atomic E-state index is 0.00666. The summed E-state index contributed by atoms with van der Waals surface area (Å²) in [5, 5.41) is 8.20. The number of carbonyl (C=O) groups excluding carboxylic acids is 1. The topological polar surface area (TPSA) is 91.0 Å². The first-order valence-corrected chi connectivity index (χ1v) is 8.84. The summed E-state index contributed by atoms with van der Waals surface area (Å²) in [4.78, 5) is 22.9. The summed E-state index contributed by atoms with van der Waals surface area (Å²) in [7, 11) is 3.67. The molecule has 1 amide bonds. The van der Waals surface area contributed by atoms with E-state index in [2.05, 4.69) is 20.2 Å². The van der Waals surface area contributed by atoms with Crippen molar-refractivity contribution >= 4 is 5.91 Å². The fourth-order valence-electron chi connectivity index (χ4n) is 3.14. The Morgan fingerprint density at radius 3 is 2.22 bits per heavy atom. The van der Waals surface area contributed by atoms with Gasteiger partial charge in [0.25, 0.3) is 5.91 Å². The highest BCUT2D eigenvalue weighted by molar-refractivity contribution is 5.93. The highest BCUT2D eigenvalue weighted by atomic mass is 16.5. The first-order chi connectivity index (χ1) is 13.1.